The van der Waals surface area contributed by atoms with Crippen molar-refractivity contribution < 1.29 is 8.78 Å². The van der Waals surface area contributed by atoms with E-state index in [1.54, 1.807) is 4.68 Å². The van der Waals surface area contributed by atoms with Gasteiger partial charge in [-0.05, 0) is 42.3 Å². The van der Waals surface area contributed by atoms with Crippen LogP contribution in [0.5, 0.6) is 0 Å². The summed E-state index contributed by atoms with van der Waals surface area (Å²) < 4.78 is 28.9. The first-order valence-corrected chi connectivity index (χ1v) is 10.7. The SMILES string of the molecule is Cc1nc(N2CCN(C(c3ccc(F)cc3)c3ccc(F)cc3)CC2)c2cnn(C)c2n1. The number of fused-ring (bicyclic) bond motifs is 1. The maximum Gasteiger partial charge on any atom is 0.163 e. The van der Waals surface area contributed by atoms with Crippen molar-refractivity contribution in [2.75, 3.05) is 31.1 Å². The van der Waals surface area contributed by atoms with Crippen LogP contribution >= 0.6 is 0 Å². The van der Waals surface area contributed by atoms with Gasteiger partial charge in [0.15, 0.2) is 5.65 Å². The minimum atomic E-state index is -0.268. The molecule has 0 saturated carbocycles. The van der Waals surface area contributed by atoms with Crippen molar-refractivity contribution in [3.05, 3.63) is 83.3 Å². The first-order chi connectivity index (χ1) is 15.5. The summed E-state index contributed by atoms with van der Waals surface area (Å²) in [6.45, 7) is 5.01. The van der Waals surface area contributed by atoms with E-state index in [-0.39, 0.29) is 17.7 Å². The molecule has 8 heteroatoms. The van der Waals surface area contributed by atoms with Gasteiger partial charge < -0.3 is 4.90 Å². The number of aryl methyl sites for hydroxylation is 2. The van der Waals surface area contributed by atoms with Gasteiger partial charge in [-0.3, -0.25) is 9.58 Å². The molecule has 3 heterocycles. The molecule has 2 aromatic heterocycles. The second kappa shape index (κ2) is 8.27. The van der Waals surface area contributed by atoms with Gasteiger partial charge in [0.05, 0.1) is 17.6 Å². The van der Waals surface area contributed by atoms with E-state index in [0.29, 0.717) is 5.82 Å². The molecule has 0 unspecified atom stereocenters. The Labute approximate surface area is 185 Å². The smallest absolute Gasteiger partial charge is 0.163 e. The van der Waals surface area contributed by atoms with Crippen LogP contribution < -0.4 is 4.90 Å². The molecular weight excluding hydrogens is 410 g/mol. The van der Waals surface area contributed by atoms with E-state index in [1.165, 1.54) is 24.3 Å². The van der Waals surface area contributed by atoms with Crippen molar-refractivity contribution in [2.24, 2.45) is 7.05 Å². The standard InChI is InChI=1S/C24H24F2N6/c1-16-28-23-21(15-27-30(23)2)24(29-16)32-13-11-31(12-14-32)22(17-3-7-19(25)8-4-17)18-5-9-20(26)10-6-18/h3-10,15,22H,11-14H2,1-2H3. The fraction of sp³-hybridized carbons (Fsp3) is 0.292. The Kier molecular flexibility index (Phi) is 5.30. The average molecular weight is 434 g/mol. The van der Waals surface area contributed by atoms with Crippen LogP contribution in [0.25, 0.3) is 11.0 Å². The Hall–Kier alpha value is -3.39. The van der Waals surface area contributed by atoms with E-state index in [2.05, 4.69) is 19.9 Å². The molecule has 0 amide bonds. The number of hydrogen-bond donors (Lipinski definition) is 0. The third kappa shape index (κ3) is 3.82. The molecule has 1 aliphatic heterocycles. The molecular formula is C24H24F2N6. The molecule has 1 fully saturated rings. The Bertz CT molecular complexity index is 1180. The summed E-state index contributed by atoms with van der Waals surface area (Å²) in [6.07, 6.45) is 1.82. The quantitative estimate of drug-likeness (QED) is 0.488. The highest BCUT2D eigenvalue weighted by Gasteiger charge is 2.28. The largest absolute Gasteiger partial charge is 0.353 e. The highest BCUT2D eigenvalue weighted by Crippen LogP contribution is 2.32. The van der Waals surface area contributed by atoms with Gasteiger partial charge in [-0.1, -0.05) is 24.3 Å². The van der Waals surface area contributed by atoms with Crippen molar-refractivity contribution in [2.45, 2.75) is 13.0 Å². The zero-order valence-electron chi connectivity index (χ0n) is 18.0. The van der Waals surface area contributed by atoms with Gasteiger partial charge in [0, 0.05) is 33.2 Å². The van der Waals surface area contributed by atoms with Gasteiger partial charge in [-0.15, -0.1) is 0 Å². The molecule has 32 heavy (non-hydrogen) atoms. The second-order valence-electron chi connectivity index (χ2n) is 8.13. The lowest BCUT2D eigenvalue weighted by molar-refractivity contribution is 0.212. The van der Waals surface area contributed by atoms with Gasteiger partial charge in [0.25, 0.3) is 0 Å². The second-order valence-corrected chi connectivity index (χ2v) is 8.13. The summed E-state index contributed by atoms with van der Waals surface area (Å²) in [7, 11) is 1.88. The molecule has 0 radical (unpaired) electrons. The zero-order valence-corrected chi connectivity index (χ0v) is 18.0. The highest BCUT2D eigenvalue weighted by atomic mass is 19.1. The predicted octanol–water partition coefficient (Wildman–Crippen LogP) is 3.86. The number of benzene rings is 2. The predicted molar refractivity (Wildman–Crippen MR) is 119 cm³/mol. The number of anilines is 1. The van der Waals surface area contributed by atoms with Crippen molar-refractivity contribution >= 4 is 16.9 Å². The van der Waals surface area contributed by atoms with E-state index in [4.69, 9.17) is 4.98 Å². The molecule has 2 aromatic carbocycles. The van der Waals surface area contributed by atoms with Crippen molar-refractivity contribution in [1.29, 1.82) is 0 Å². The molecule has 1 aliphatic rings. The van der Waals surface area contributed by atoms with E-state index in [9.17, 15) is 8.78 Å². The highest BCUT2D eigenvalue weighted by molar-refractivity contribution is 5.87. The molecule has 0 bridgehead atoms. The topological polar surface area (TPSA) is 50.1 Å². The lowest BCUT2D eigenvalue weighted by Gasteiger charge is -2.40. The Morgan fingerprint density at radius 2 is 1.38 bits per heavy atom. The van der Waals surface area contributed by atoms with Gasteiger partial charge in [0.2, 0.25) is 0 Å². The van der Waals surface area contributed by atoms with Gasteiger partial charge in [-0.25, -0.2) is 18.7 Å². The summed E-state index contributed by atoms with van der Waals surface area (Å²) in [4.78, 5) is 13.8. The van der Waals surface area contributed by atoms with Crippen LogP contribution in [0.2, 0.25) is 0 Å². The Balaban J connectivity index is 1.43. The monoisotopic (exact) mass is 434 g/mol. The van der Waals surface area contributed by atoms with Crippen molar-refractivity contribution in [1.82, 2.24) is 24.6 Å². The van der Waals surface area contributed by atoms with Gasteiger partial charge in [-0.2, -0.15) is 5.10 Å². The van der Waals surface area contributed by atoms with Crippen LogP contribution in [0, 0.1) is 18.6 Å². The molecule has 0 atom stereocenters. The number of nitrogens with zero attached hydrogens (tertiary/aromatic N) is 6. The Morgan fingerprint density at radius 3 is 1.94 bits per heavy atom. The van der Waals surface area contributed by atoms with Crippen molar-refractivity contribution in [3.8, 4) is 0 Å². The lowest BCUT2D eigenvalue weighted by Crippen LogP contribution is -2.48. The molecule has 1 saturated heterocycles. The van der Waals surface area contributed by atoms with E-state index >= 15 is 0 Å². The Morgan fingerprint density at radius 1 is 0.812 bits per heavy atom. The number of rotatable bonds is 4. The summed E-state index contributed by atoms with van der Waals surface area (Å²) in [5, 5.41) is 5.29. The van der Waals surface area contributed by atoms with Crippen molar-refractivity contribution in [3.63, 3.8) is 0 Å². The first-order valence-electron chi connectivity index (χ1n) is 10.7. The number of piperazine rings is 1. The van der Waals surface area contributed by atoms with Crippen LogP contribution in [-0.4, -0.2) is 50.8 Å². The minimum absolute atomic E-state index is 0.0797. The minimum Gasteiger partial charge on any atom is -0.353 e. The summed E-state index contributed by atoms with van der Waals surface area (Å²) in [5.41, 5.74) is 2.79. The molecule has 0 spiro atoms. The maximum absolute atomic E-state index is 13.6. The van der Waals surface area contributed by atoms with Crippen LogP contribution in [-0.2, 0) is 7.05 Å². The summed E-state index contributed by atoms with van der Waals surface area (Å²) >= 11 is 0. The van der Waals surface area contributed by atoms with Gasteiger partial charge in [0.1, 0.15) is 23.3 Å². The average Bonchev–Trinajstić information content (AvgIpc) is 3.17. The zero-order chi connectivity index (χ0) is 22.2. The lowest BCUT2D eigenvalue weighted by atomic mass is 9.96. The number of halogens is 2. The van der Waals surface area contributed by atoms with E-state index < -0.39 is 0 Å². The molecule has 6 nitrogen and oxygen atoms in total. The normalized spacial score (nSPS) is 15.1. The fourth-order valence-electron chi connectivity index (χ4n) is 4.45. The third-order valence-corrected chi connectivity index (χ3v) is 6.03. The van der Waals surface area contributed by atoms with Crippen LogP contribution in [0.3, 0.4) is 0 Å². The summed E-state index contributed by atoms with van der Waals surface area (Å²) in [6, 6.07) is 13.1. The van der Waals surface area contributed by atoms with Gasteiger partial charge >= 0.3 is 0 Å². The molecule has 5 rings (SSSR count). The number of aromatic nitrogens is 4. The molecule has 0 N–H and O–H groups in total. The molecule has 0 aliphatic carbocycles. The molecule has 164 valence electrons. The first kappa shape index (κ1) is 20.5. The molecule has 4 aromatic rings. The van der Waals surface area contributed by atoms with E-state index in [0.717, 1.165) is 54.2 Å². The van der Waals surface area contributed by atoms with Crippen LogP contribution in [0.4, 0.5) is 14.6 Å². The van der Waals surface area contributed by atoms with Crippen LogP contribution in [0.1, 0.15) is 23.0 Å². The van der Waals surface area contributed by atoms with Crippen LogP contribution in [0.15, 0.2) is 54.7 Å². The van der Waals surface area contributed by atoms with E-state index in [1.807, 2.05) is 44.4 Å². The third-order valence-electron chi connectivity index (χ3n) is 6.03. The number of hydrogen-bond acceptors (Lipinski definition) is 5. The fourth-order valence-corrected chi connectivity index (χ4v) is 4.45. The summed E-state index contributed by atoms with van der Waals surface area (Å²) in [5.74, 6) is 1.08. The maximum atomic E-state index is 13.6.